The highest BCUT2D eigenvalue weighted by Crippen LogP contribution is 2.18. The maximum absolute atomic E-state index is 5.71. The molecular weight excluding hydrogens is 206 g/mol. The van der Waals surface area contributed by atoms with E-state index >= 15 is 0 Å². The largest absolute Gasteiger partial charge is 0.382 e. The Morgan fingerprint density at radius 1 is 1.44 bits per heavy atom. The molecule has 0 aliphatic heterocycles. The lowest BCUT2D eigenvalue weighted by atomic mass is 10.1. The summed E-state index contributed by atoms with van der Waals surface area (Å²) in [5.41, 5.74) is 6.72. The number of hydrogen-bond donors (Lipinski definition) is 2. The van der Waals surface area contributed by atoms with Gasteiger partial charge in [-0.2, -0.15) is 0 Å². The first kappa shape index (κ1) is 10.8. The molecule has 0 bridgehead atoms. The second kappa shape index (κ2) is 3.71. The topological polar surface area (TPSA) is 89.7 Å². The molecule has 3 N–H and O–H groups in total. The lowest BCUT2D eigenvalue weighted by molar-refractivity contribution is 0.0218. The van der Waals surface area contributed by atoms with Gasteiger partial charge in [-0.3, -0.25) is 0 Å². The molecule has 0 atom stereocenters. The van der Waals surface area contributed by atoms with E-state index in [2.05, 4.69) is 19.9 Å². The summed E-state index contributed by atoms with van der Waals surface area (Å²) in [6.07, 6.45) is 2.07. The van der Waals surface area contributed by atoms with Gasteiger partial charge in [0, 0.05) is 13.5 Å². The van der Waals surface area contributed by atoms with E-state index in [0.717, 1.165) is 5.82 Å². The molecule has 0 radical (unpaired) electrons. The van der Waals surface area contributed by atoms with Crippen molar-refractivity contribution < 1.29 is 4.74 Å². The van der Waals surface area contributed by atoms with Gasteiger partial charge >= 0.3 is 0 Å². The van der Waals surface area contributed by atoms with Crippen LogP contribution in [-0.2, 0) is 11.2 Å². The maximum atomic E-state index is 5.71. The predicted molar refractivity (Wildman–Crippen MR) is 60.9 cm³/mol. The molecule has 0 unspecified atom stereocenters. The first-order valence-electron chi connectivity index (χ1n) is 5.02. The van der Waals surface area contributed by atoms with Crippen LogP contribution < -0.4 is 5.73 Å². The number of rotatable bonds is 3. The van der Waals surface area contributed by atoms with E-state index in [1.807, 2.05) is 13.8 Å². The Morgan fingerprint density at radius 2 is 2.19 bits per heavy atom. The van der Waals surface area contributed by atoms with Crippen LogP contribution in [0.4, 0.5) is 5.82 Å². The Bertz CT molecular complexity index is 505. The molecule has 16 heavy (non-hydrogen) atoms. The average Bonchev–Trinajstić information content (AvgIpc) is 2.61. The van der Waals surface area contributed by atoms with Gasteiger partial charge in [0.1, 0.15) is 17.7 Å². The Kier molecular flexibility index (Phi) is 2.51. The van der Waals surface area contributed by atoms with E-state index < -0.39 is 0 Å². The van der Waals surface area contributed by atoms with Gasteiger partial charge in [-0.15, -0.1) is 0 Å². The van der Waals surface area contributed by atoms with Crippen molar-refractivity contribution in [1.82, 2.24) is 19.9 Å². The summed E-state index contributed by atoms with van der Waals surface area (Å²) >= 11 is 0. The van der Waals surface area contributed by atoms with Gasteiger partial charge in [0.2, 0.25) is 0 Å². The van der Waals surface area contributed by atoms with Gasteiger partial charge in [-0.1, -0.05) is 0 Å². The van der Waals surface area contributed by atoms with Gasteiger partial charge in [-0.05, 0) is 13.8 Å². The fourth-order valence-electron chi connectivity index (χ4n) is 1.45. The van der Waals surface area contributed by atoms with E-state index in [9.17, 15) is 0 Å². The summed E-state index contributed by atoms with van der Waals surface area (Å²) in [7, 11) is 1.68. The molecule has 6 heteroatoms. The van der Waals surface area contributed by atoms with E-state index in [1.165, 1.54) is 6.33 Å². The first-order valence-corrected chi connectivity index (χ1v) is 5.02. The standard InChI is InChI=1S/C10H15N5O/c1-10(2,16-3)4-6-14-7-8(11)12-5-13-9(7)15-6/h5H,4H2,1-3H3,(H3,11,12,13,14,15). The number of methoxy groups -OCH3 is 1. The summed E-state index contributed by atoms with van der Waals surface area (Å²) < 4.78 is 5.34. The van der Waals surface area contributed by atoms with Crippen molar-refractivity contribution >= 4 is 17.0 Å². The molecule has 86 valence electrons. The monoisotopic (exact) mass is 221 g/mol. The number of imidazole rings is 1. The molecular formula is C10H15N5O. The Hall–Kier alpha value is -1.69. The number of nitrogens with two attached hydrogens (primary N) is 1. The third-order valence-corrected chi connectivity index (χ3v) is 2.51. The van der Waals surface area contributed by atoms with Gasteiger partial charge in [0.15, 0.2) is 11.5 Å². The predicted octanol–water partition coefficient (Wildman–Crippen LogP) is 0.903. The van der Waals surface area contributed by atoms with Crippen LogP contribution in [0.15, 0.2) is 6.33 Å². The number of nitrogens with zero attached hydrogens (tertiary/aromatic N) is 3. The Labute approximate surface area is 93.3 Å². The third-order valence-electron chi connectivity index (χ3n) is 2.51. The third kappa shape index (κ3) is 1.96. The molecule has 0 aliphatic rings. The molecule has 0 amide bonds. The van der Waals surface area contributed by atoms with Crippen molar-refractivity contribution in [1.29, 1.82) is 0 Å². The summed E-state index contributed by atoms with van der Waals surface area (Å²) in [6.45, 7) is 3.99. The molecule has 2 heterocycles. The lowest BCUT2D eigenvalue weighted by Crippen LogP contribution is -2.26. The number of ether oxygens (including phenoxy) is 1. The van der Waals surface area contributed by atoms with E-state index in [4.69, 9.17) is 10.5 Å². The van der Waals surface area contributed by atoms with Crippen LogP contribution in [0.3, 0.4) is 0 Å². The van der Waals surface area contributed by atoms with Crippen LogP contribution in [0.1, 0.15) is 19.7 Å². The highest BCUT2D eigenvalue weighted by Gasteiger charge is 2.20. The quantitative estimate of drug-likeness (QED) is 0.803. The summed E-state index contributed by atoms with van der Waals surface area (Å²) in [5.74, 6) is 1.22. The Morgan fingerprint density at radius 3 is 2.81 bits per heavy atom. The Balaban J connectivity index is 2.37. The molecule has 0 aliphatic carbocycles. The van der Waals surface area contributed by atoms with Crippen LogP contribution in [0.5, 0.6) is 0 Å². The van der Waals surface area contributed by atoms with Crippen molar-refractivity contribution in [3.05, 3.63) is 12.2 Å². The maximum Gasteiger partial charge on any atom is 0.183 e. The summed E-state index contributed by atoms with van der Waals surface area (Å²) in [4.78, 5) is 15.4. The molecule has 0 saturated heterocycles. The van der Waals surface area contributed by atoms with Crippen molar-refractivity contribution in [2.75, 3.05) is 12.8 Å². The van der Waals surface area contributed by atoms with Gasteiger partial charge in [0.25, 0.3) is 0 Å². The van der Waals surface area contributed by atoms with E-state index in [0.29, 0.717) is 23.4 Å². The van der Waals surface area contributed by atoms with Gasteiger partial charge in [-0.25, -0.2) is 15.0 Å². The highest BCUT2D eigenvalue weighted by atomic mass is 16.5. The number of anilines is 1. The van der Waals surface area contributed by atoms with Crippen LogP contribution in [-0.4, -0.2) is 32.6 Å². The summed E-state index contributed by atoms with van der Waals surface area (Å²) in [5, 5.41) is 0. The fourth-order valence-corrected chi connectivity index (χ4v) is 1.45. The highest BCUT2D eigenvalue weighted by molar-refractivity contribution is 5.80. The number of H-pyrrole nitrogens is 1. The normalized spacial score (nSPS) is 12.2. The van der Waals surface area contributed by atoms with Crippen LogP contribution >= 0.6 is 0 Å². The van der Waals surface area contributed by atoms with Crippen LogP contribution in [0.2, 0.25) is 0 Å². The van der Waals surface area contributed by atoms with E-state index in [-0.39, 0.29) is 5.60 Å². The lowest BCUT2D eigenvalue weighted by Gasteiger charge is -2.20. The van der Waals surface area contributed by atoms with Gasteiger partial charge < -0.3 is 15.5 Å². The molecule has 2 aromatic rings. The van der Waals surface area contributed by atoms with E-state index in [1.54, 1.807) is 7.11 Å². The molecule has 0 aromatic carbocycles. The molecule has 6 nitrogen and oxygen atoms in total. The van der Waals surface area contributed by atoms with Crippen molar-refractivity contribution in [2.24, 2.45) is 0 Å². The number of nitrogens with one attached hydrogen (secondary N) is 1. The number of nitrogen functional groups attached to an aromatic ring is 1. The molecule has 2 rings (SSSR count). The molecule has 0 saturated carbocycles. The molecule has 2 aromatic heterocycles. The van der Waals surface area contributed by atoms with Crippen molar-refractivity contribution in [3.63, 3.8) is 0 Å². The smallest absolute Gasteiger partial charge is 0.183 e. The molecule has 0 fully saturated rings. The average molecular weight is 221 g/mol. The number of fused-ring (bicyclic) bond motifs is 1. The van der Waals surface area contributed by atoms with Crippen molar-refractivity contribution in [2.45, 2.75) is 25.9 Å². The van der Waals surface area contributed by atoms with Gasteiger partial charge in [0.05, 0.1) is 5.60 Å². The SMILES string of the molecule is COC(C)(C)Cc1nc2ncnc(N)c2[nH]1. The second-order valence-corrected chi connectivity index (χ2v) is 4.28. The zero-order chi connectivity index (χ0) is 11.8. The minimum atomic E-state index is -0.268. The molecule has 0 spiro atoms. The summed E-state index contributed by atoms with van der Waals surface area (Å²) in [6, 6.07) is 0. The number of aromatic nitrogens is 4. The zero-order valence-corrected chi connectivity index (χ0v) is 9.61. The number of hydrogen-bond acceptors (Lipinski definition) is 5. The number of aromatic amines is 1. The first-order chi connectivity index (χ1) is 7.52. The van der Waals surface area contributed by atoms with Crippen LogP contribution in [0.25, 0.3) is 11.2 Å². The van der Waals surface area contributed by atoms with Crippen molar-refractivity contribution in [3.8, 4) is 0 Å². The fraction of sp³-hybridized carbons (Fsp3) is 0.500. The minimum Gasteiger partial charge on any atom is -0.382 e. The second-order valence-electron chi connectivity index (χ2n) is 4.28. The zero-order valence-electron chi connectivity index (χ0n) is 9.61. The minimum absolute atomic E-state index is 0.268. The van der Waals surface area contributed by atoms with Crippen LogP contribution in [0, 0.1) is 0 Å².